The standard InChI is InChI=1S/C26H27F3N4O3/c1-14-12-30-25-32-24(31-16(3)18-6-5-7-20(15(18)2)26(27,28)29)19-10-23(36-17-8-9-35-13-17)22(34-4)11-21(19)33(14)25/h5-7,10-12,16-17H,8-9,13H2,1-4H3,(H,30,31,32)/t16-,17?/m1/s1. The molecule has 7 nitrogen and oxygen atoms in total. The minimum absolute atomic E-state index is 0.0916. The molecule has 2 atom stereocenters. The van der Waals surface area contributed by atoms with E-state index in [1.165, 1.54) is 13.0 Å². The average molecular weight is 501 g/mol. The monoisotopic (exact) mass is 500 g/mol. The summed E-state index contributed by atoms with van der Waals surface area (Å²) in [6, 6.07) is 7.48. The molecule has 36 heavy (non-hydrogen) atoms. The van der Waals surface area contributed by atoms with E-state index in [1.54, 1.807) is 19.4 Å². The molecule has 1 unspecified atom stereocenters. The predicted molar refractivity (Wildman–Crippen MR) is 130 cm³/mol. The van der Waals surface area contributed by atoms with Crippen LogP contribution in [-0.2, 0) is 10.9 Å². The second kappa shape index (κ2) is 9.16. The van der Waals surface area contributed by atoms with Gasteiger partial charge >= 0.3 is 6.18 Å². The highest BCUT2D eigenvalue weighted by Crippen LogP contribution is 2.39. The topological polar surface area (TPSA) is 69.9 Å². The molecule has 0 aliphatic carbocycles. The largest absolute Gasteiger partial charge is 0.493 e. The number of aromatic nitrogens is 3. The van der Waals surface area contributed by atoms with Crippen LogP contribution in [0, 0.1) is 13.8 Å². The number of methoxy groups -OCH3 is 1. The summed E-state index contributed by atoms with van der Waals surface area (Å²) in [5.74, 6) is 2.06. The molecular weight excluding hydrogens is 473 g/mol. The number of imidazole rings is 1. The van der Waals surface area contributed by atoms with Gasteiger partial charge in [-0.2, -0.15) is 18.2 Å². The van der Waals surface area contributed by atoms with E-state index in [9.17, 15) is 13.2 Å². The summed E-state index contributed by atoms with van der Waals surface area (Å²) in [5, 5.41) is 4.06. The molecule has 0 spiro atoms. The molecule has 1 saturated heterocycles. The second-order valence-electron chi connectivity index (χ2n) is 9.00. The summed E-state index contributed by atoms with van der Waals surface area (Å²) in [6.45, 7) is 6.36. The number of rotatable bonds is 6. The van der Waals surface area contributed by atoms with Gasteiger partial charge in [0.15, 0.2) is 11.5 Å². The molecule has 190 valence electrons. The average Bonchev–Trinajstić information content (AvgIpc) is 3.48. The van der Waals surface area contributed by atoms with Crippen molar-refractivity contribution >= 4 is 22.5 Å². The Morgan fingerprint density at radius 1 is 1.19 bits per heavy atom. The summed E-state index contributed by atoms with van der Waals surface area (Å²) in [6.07, 6.45) is -2.02. The first-order valence-electron chi connectivity index (χ1n) is 11.7. The first-order valence-corrected chi connectivity index (χ1v) is 11.7. The lowest BCUT2D eigenvalue weighted by Crippen LogP contribution is -2.16. The Bertz CT molecular complexity index is 1430. The van der Waals surface area contributed by atoms with E-state index >= 15 is 0 Å². The van der Waals surface area contributed by atoms with Crippen molar-refractivity contribution in [3.63, 3.8) is 0 Å². The van der Waals surface area contributed by atoms with E-state index in [0.717, 1.165) is 29.1 Å². The molecule has 1 N–H and O–H groups in total. The Morgan fingerprint density at radius 2 is 2.00 bits per heavy atom. The summed E-state index contributed by atoms with van der Waals surface area (Å²) >= 11 is 0. The van der Waals surface area contributed by atoms with Crippen LogP contribution in [0.4, 0.5) is 19.0 Å². The van der Waals surface area contributed by atoms with E-state index in [2.05, 4.69) is 10.3 Å². The zero-order valence-electron chi connectivity index (χ0n) is 20.4. The van der Waals surface area contributed by atoms with Crippen LogP contribution in [0.15, 0.2) is 36.5 Å². The fourth-order valence-corrected chi connectivity index (χ4v) is 4.74. The Morgan fingerprint density at radius 3 is 2.69 bits per heavy atom. The molecule has 10 heteroatoms. The van der Waals surface area contributed by atoms with Gasteiger partial charge in [0, 0.05) is 23.6 Å². The van der Waals surface area contributed by atoms with Gasteiger partial charge in [-0.3, -0.25) is 4.40 Å². The molecule has 4 aromatic rings. The molecule has 0 bridgehead atoms. The Hall–Kier alpha value is -3.53. The van der Waals surface area contributed by atoms with E-state index in [0.29, 0.717) is 41.9 Å². The van der Waals surface area contributed by atoms with Crippen molar-refractivity contribution < 1.29 is 27.4 Å². The number of fused-ring (bicyclic) bond motifs is 3. The molecule has 3 heterocycles. The fraction of sp³-hybridized carbons (Fsp3) is 0.385. The third-order valence-electron chi connectivity index (χ3n) is 6.59. The third kappa shape index (κ3) is 4.30. The quantitative estimate of drug-likeness (QED) is 0.357. The predicted octanol–water partition coefficient (Wildman–Crippen LogP) is 5.87. The lowest BCUT2D eigenvalue weighted by molar-refractivity contribution is -0.138. The number of ether oxygens (including phenoxy) is 3. The van der Waals surface area contributed by atoms with Gasteiger partial charge < -0.3 is 19.5 Å². The van der Waals surface area contributed by atoms with Gasteiger partial charge in [-0.05, 0) is 44.0 Å². The highest BCUT2D eigenvalue weighted by atomic mass is 19.4. The Balaban J connectivity index is 1.62. The fourth-order valence-electron chi connectivity index (χ4n) is 4.74. The van der Waals surface area contributed by atoms with Gasteiger partial charge in [-0.15, -0.1) is 0 Å². The SMILES string of the molecule is COc1cc2c(cc1OC1CCOC1)c(N[C@H](C)c1cccc(C(F)(F)F)c1C)nc1ncc(C)n12. The zero-order chi connectivity index (χ0) is 25.6. The smallest absolute Gasteiger partial charge is 0.416 e. The van der Waals surface area contributed by atoms with Crippen LogP contribution in [0.3, 0.4) is 0 Å². The van der Waals surface area contributed by atoms with Gasteiger partial charge in [0.05, 0.1) is 43.6 Å². The third-order valence-corrected chi connectivity index (χ3v) is 6.59. The molecule has 2 aromatic heterocycles. The maximum Gasteiger partial charge on any atom is 0.416 e. The molecule has 1 fully saturated rings. The number of nitrogens with one attached hydrogen (secondary N) is 1. The normalized spacial score (nSPS) is 17.0. The summed E-state index contributed by atoms with van der Waals surface area (Å²) < 4.78 is 59.7. The number of benzene rings is 2. The number of hydrogen-bond acceptors (Lipinski definition) is 6. The van der Waals surface area contributed by atoms with Crippen molar-refractivity contribution in [2.45, 2.75) is 45.5 Å². The van der Waals surface area contributed by atoms with Crippen molar-refractivity contribution in [1.82, 2.24) is 14.4 Å². The maximum absolute atomic E-state index is 13.5. The molecule has 1 aliphatic rings. The Labute approximate surface area is 206 Å². The first-order chi connectivity index (χ1) is 17.2. The van der Waals surface area contributed by atoms with Crippen LogP contribution in [0.5, 0.6) is 11.5 Å². The van der Waals surface area contributed by atoms with Crippen LogP contribution >= 0.6 is 0 Å². The number of aryl methyl sites for hydroxylation is 1. The molecule has 0 saturated carbocycles. The van der Waals surface area contributed by atoms with E-state index in [4.69, 9.17) is 19.2 Å². The first kappa shape index (κ1) is 24.2. The number of anilines is 1. The highest BCUT2D eigenvalue weighted by molar-refractivity contribution is 5.94. The van der Waals surface area contributed by atoms with Gasteiger partial charge in [-0.25, -0.2) is 4.98 Å². The minimum atomic E-state index is -4.43. The number of hydrogen-bond donors (Lipinski definition) is 1. The molecule has 5 rings (SSSR count). The van der Waals surface area contributed by atoms with Crippen LogP contribution < -0.4 is 14.8 Å². The van der Waals surface area contributed by atoms with Crippen molar-refractivity contribution in [2.75, 3.05) is 25.6 Å². The summed E-state index contributed by atoms with van der Waals surface area (Å²) in [5.41, 5.74) is 1.74. The van der Waals surface area contributed by atoms with Crippen LogP contribution in [0.1, 0.15) is 41.8 Å². The van der Waals surface area contributed by atoms with Gasteiger partial charge in [0.1, 0.15) is 11.9 Å². The van der Waals surface area contributed by atoms with E-state index in [-0.39, 0.29) is 11.7 Å². The number of alkyl halides is 3. The van der Waals surface area contributed by atoms with Crippen molar-refractivity contribution in [2.24, 2.45) is 0 Å². The van der Waals surface area contributed by atoms with Crippen LogP contribution in [0.2, 0.25) is 0 Å². The molecule has 0 amide bonds. The summed E-state index contributed by atoms with van der Waals surface area (Å²) in [7, 11) is 1.58. The maximum atomic E-state index is 13.5. The van der Waals surface area contributed by atoms with E-state index in [1.807, 2.05) is 30.4 Å². The van der Waals surface area contributed by atoms with Crippen molar-refractivity contribution in [3.8, 4) is 11.5 Å². The van der Waals surface area contributed by atoms with Gasteiger partial charge in [0.2, 0.25) is 5.78 Å². The number of halogens is 3. The van der Waals surface area contributed by atoms with Crippen LogP contribution in [-0.4, -0.2) is 40.8 Å². The van der Waals surface area contributed by atoms with Gasteiger partial charge in [-0.1, -0.05) is 12.1 Å². The second-order valence-corrected chi connectivity index (χ2v) is 9.00. The van der Waals surface area contributed by atoms with Crippen LogP contribution in [0.25, 0.3) is 16.7 Å². The van der Waals surface area contributed by atoms with Crippen molar-refractivity contribution in [3.05, 3.63) is 58.9 Å². The lowest BCUT2D eigenvalue weighted by atomic mass is 9.97. The summed E-state index contributed by atoms with van der Waals surface area (Å²) in [4.78, 5) is 9.13. The highest BCUT2D eigenvalue weighted by Gasteiger charge is 2.33. The van der Waals surface area contributed by atoms with Crippen molar-refractivity contribution in [1.29, 1.82) is 0 Å². The van der Waals surface area contributed by atoms with Gasteiger partial charge in [0.25, 0.3) is 0 Å². The molecule has 0 radical (unpaired) electrons. The number of nitrogens with zero attached hydrogens (tertiary/aromatic N) is 3. The Kier molecular flexibility index (Phi) is 6.15. The minimum Gasteiger partial charge on any atom is -0.493 e. The molecule has 1 aliphatic heterocycles. The van der Waals surface area contributed by atoms with E-state index < -0.39 is 17.8 Å². The zero-order valence-corrected chi connectivity index (χ0v) is 20.4. The molecular formula is C26H27F3N4O3. The lowest BCUT2D eigenvalue weighted by Gasteiger charge is -2.22. The molecule has 2 aromatic carbocycles.